The molecule has 7 heteroatoms. The topological polar surface area (TPSA) is 55.1 Å². The van der Waals surface area contributed by atoms with Crippen LogP contribution in [0.2, 0.25) is 5.02 Å². The fourth-order valence-corrected chi connectivity index (χ4v) is 2.68. The monoisotopic (exact) mass is 353 g/mol. The van der Waals surface area contributed by atoms with Crippen molar-refractivity contribution in [1.29, 1.82) is 0 Å². The Morgan fingerprint density at radius 3 is 2.80 bits per heavy atom. The van der Waals surface area contributed by atoms with Gasteiger partial charge in [-0.15, -0.1) is 5.10 Å². The SMILES string of the molecule is Fc1ccc(-c2cnc3ccc(NCc4ccccn4)nn23)cc1Cl. The Bertz CT molecular complexity index is 1030. The normalized spacial score (nSPS) is 11.0. The van der Waals surface area contributed by atoms with Crippen LogP contribution >= 0.6 is 11.6 Å². The zero-order valence-corrected chi connectivity index (χ0v) is 13.8. The fraction of sp³-hybridized carbons (Fsp3) is 0.0556. The summed E-state index contributed by atoms with van der Waals surface area (Å²) in [6.45, 7) is 0.561. The molecule has 0 aliphatic heterocycles. The number of hydrogen-bond acceptors (Lipinski definition) is 4. The number of hydrogen-bond donors (Lipinski definition) is 1. The average molecular weight is 354 g/mol. The van der Waals surface area contributed by atoms with Crippen molar-refractivity contribution in [3.63, 3.8) is 0 Å². The first kappa shape index (κ1) is 15.5. The second-order valence-corrected chi connectivity index (χ2v) is 5.84. The smallest absolute Gasteiger partial charge is 0.154 e. The maximum atomic E-state index is 13.4. The largest absolute Gasteiger partial charge is 0.363 e. The lowest BCUT2D eigenvalue weighted by atomic mass is 10.2. The van der Waals surface area contributed by atoms with E-state index in [0.717, 1.165) is 17.0 Å². The van der Waals surface area contributed by atoms with E-state index in [2.05, 4.69) is 20.4 Å². The molecular formula is C18H13ClFN5. The number of fused-ring (bicyclic) bond motifs is 1. The summed E-state index contributed by atoms with van der Waals surface area (Å²) in [6, 6.07) is 14.0. The summed E-state index contributed by atoms with van der Waals surface area (Å²) in [4.78, 5) is 8.60. The van der Waals surface area contributed by atoms with Crippen LogP contribution in [-0.4, -0.2) is 19.6 Å². The van der Waals surface area contributed by atoms with E-state index in [9.17, 15) is 4.39 Å². The zero-order valence-electron chi connectivity index (χ0n) is 13.0. The summed E-state index contributed by atoms with van der Waals surface area (Å²) in [5.41, 5.74) is 3.09. The molecule has 124 valence electrons. The Labute approximate surface area is 148 Å². The van der Waals surface area contributed by atoms with Crippen LogP contribution in [0.3, 0.4) is 0 Å². The first-order chi connectivity index (χ1) is 12.2. The maximum Gasteiger partial charge on any atom is 0.154 e. The van der Waals surface area contributed by atoms with Crippen molar-refractivity contribution in [2.45, 2.75) is 6.54 Å². The zero-order chi connectivity index (χ0) is 17.2. The highest BCUT2D eigenvalue weighted by atomic mass is 35.5. The van der Waals surface area contributed by atoms with Gasteiger partial charge in [0.25, 0.3) is 0 Å². The molecule has 0 saturated heterocycles. The van der Waals surface area contributed by atoms with Crippen LogP contribution in [-0.2, 0) is 6.54 Å². The quantitative estimate of drug-likeness (QED) is 0.597. The molecule has 0 saturated carbocycles. The minimum absolute atomic E-state index is 0.0666. The molecule has 0 aliphatic carbocycles. The highest BCUT2D eigenvalue weighted by Crippen LogP contribution is 2.25. The van der Waals surface area contributed by atoms with Crippen molar-refractivity contribution in [3.8, 4) is 11.3 Å². The minimum Gasteiger partial charge on any atom is -0.363 e. The number of aromatic nitrogens is 4. The van der Waals surface area contributed by atoms with Gasteiger partial charge >= 0.3 is 0 Å². The van der Waals surface area contributed by atoms with Gasteiger partial charge in [-0.2, -0.15) is 0 Å². The molecule has 0 amide bonds. The predicted molar refractivity (Wildman–Crippen MR) is 95.0 cm³/mol. The summed E-state index contributed by atoms with van der Waals surface area (Å²) in [5.74, 6) is 0.232. The van der Waals surface area contributed by atoms with Gasteiger partial charge in [-0.05, 0) is 42.5 Å². The van der Waals surface area contributed by atoms with Gasteiger partial charge in [0.15, 0.2) is 5.65 Å². The van der Waals surface area contributed by atoms with Crippen LogP contribution in [0.25, 0.3) is 16.9 Å². The molecule has 4 rings (SSSR count). The summed E-state index contributed by atoms with van der Waals surface area (Å²) < 4.78 is 15.1. The minimum atomic E-state index is -0.454. The van der Waals surface area contributed by atoms with Gasteiger partial charge in [0.2, 0.25) is 0 Å². The van der Waals surface area contributed by atoms with E-state index in [1.54, 1.807) is 29.0 Å². The number of pyridine rings is 1. The molecular weight excluding hydrogens is 341 g/mol. The first-order valence-corrected chi connectivity index (χ1v) is 8.02. The number of nitrogens with zero attached hydrogens (tertiary/aromatic N) is 4. The molecule has 3 heterocycles. The lowest BCUT2D eigenvalue weighted by molar-refractivity contribution is 0.628. The van der Waals surface area contributed by atoms with Crippen molar-refractivity contribution in [1.82, 2.24) is 19.6 Å². The third kappa shape index (κ3) is 3.16. The molecule has 0 radical (unpaired) electrons. The molecule has 1 N–H and O–H groups in total. The third-order valence-corrected chi connectivity index (χ3v) is 4.04. The van der Waals surface area contributed by atoms with Crippen LogP contribution in [0.1, 0.15) is 5.69 Å². The Kier molecular flexibility index (Phi) is 4.03. The first-order valence-electron chi connectivity index (χ1n) is 7.65. The Balaban J connectivity index is 1.66. The molecule has 0 aliphatic rings. The van der Waals surface area contributed by atoms with E-state index in [1.165, 1.54) is 6.07 Å². The fourth-order valence-electron chi connectivity index (χ4n) is 2.50. The molecule has 3 aromatic heterocycles. The van der Waals surface area contributed by atoms with Crippen molar-refractivity contribution < 1.29 is 4.39 Å². The average Bonchev–Trinajstić information content (AvgIpc) is 3.06. The number of anilines is 1. The predicted octanol–water partition coefficient (Wildman–Crippen LogP) is 4.20. The van der Waals surface area contributed by atoms with E-state index in [4.69, 9.17) is 11.6 Å². The van der Waals surface area contributed by atoms with Gasteiger partial charge < -0.3 is 5.32 Å². The second kappa shape index (κ2) is 6.49. The molecule has 0 fully saturated rings. The standard InChI is InChI=1S/C18H13ClFN5/c19-14-9-12(4-5-15(14)20)16-11-23-18-7-6-17(24-25(16)18)22-10-13-3-1-2-8-21-13/h1-9,11H,10H2,(H,22,24). The van der Waals surface area contributed by atoms with Crippen molar-refractivity contribution in [2.24, 2.45) is 0 Å². The Morgan fingerprint density at radius 2 is 2.00 bits per heavy atom. The van der Waals surface area contributed by atoms with Gasteiger partial charge in [0.05, 0.1) is 29.2 Å². The van der Waals surface area contributed by atoms with E-state index in [-0.39, 0.29) is 5.02 Å². The highest BCUT2D eigenvalue weighted by Gasteiger charge is 2.10. The lowest BCUT2D eigenvalue weighted by Gasteiger charge is -2.07. The number of benzene rings is 1. The van der Waals surface area contributed by atoms with E-state index in [0.29, 0.717) is 18.0 Å². The summed E-state index contributed by atoms with van der Waals surface area (Å²) in [5, 5.41) is 7.86. The van der Waals surface area contributed by atoms with Crippen LogP contribution in [0, 0.1) is 5.82 Å². The molecule has 4 aromatic rings. The van der Waals surface area contributed by atoms with E-state index < -0.39 is 5.82 Å². The van der Waals surface area contributed by atoms with Crippen LogP contribution in [0.4, 0.5) is 10.2 Å². The van der Waals surface area contributed by atoms with Crippen molar-refractivity contribution >= 4 is 23.1 Å². The summed E-state index contributed by atoms with van der Waals surface area (Å²) in [6.07, 6.45) is 3.44. The molecule has 5 nitrogen and oxygen atoms in total. The number of imidazole rings is 1. The number of rotatable bonds is 4. The Hall–Kier alpha value is -2.99. The van der Waals surface area contributed by atoms with Gasteiger partial charge in [0, 0.05) is 11.8 Å². The molecule has 25 heavy (non-hydrogen) atoms. The third-order valence-electron chi connectivity index (χ3n) is 3.75. The van der Waals surface area contributed by atoms with E-state index >= 15 is 0 Å². The van der Waals surface area contributed by atoms with Crippen molar-refractivity contribution in [3.05, 3.63) is 77.5 Å². The van der Waals surface area contributed by atoms with Crippen LogP contribution in [0.5, 0.6) is 0 Å². The highest BCUT2D eigenvalue weighted by molar-refractivity contribution is 6.31. The van der Waals surface area contributed by atoms with E-state index in [1.807, 2.05) is 30.3 Å². The Morgan fingerprint density at radius 1 is 1.08 bits per heavy atom. The molecule has 0 atom stereocenters. The molecule has 0 bridgehead atoms. The van der Waals surface area contributed by atoms with Gasteiger partial charge in [0.1, 0.15) is 11.6 Å². The van der Waals surface area contributed by atoms with Gasteiger partial charge in [-0.1, -0.05) is 17.7 Å². The second-order valence-electron chi connectivity index (χ2n) is 5.44. The van der Waals surface area contributed by atoms with Crippen LogP contribution < -0.4 is 5.32 Å². The van der Waals surface area contributed by atoms with Gasteiger partial charge in [-0.3, -0.25) is 4.98 Å². The summed E-state index contributed by atoms with van der Waals surface area (Å²) >= 11 is 5.89. The number of halogens is 2. The molecule has 1 aromatic carbocycles. The van der Waals surface area contributed by atoms with Crippen molar-refractivity contribution in [2.75, 3.05) is 5.32 Å². The number of nitrogens with one attached hydrogen (secondary N) is 1. The molecule has 0 spiro atoms. The van der Waals surface area contributed by atoms with Crippen LogP contribution in [0.15, 0.2) is 60.9 Å². The lowest BCUT2D eigenvalue weighted by Crippen LogP contribution is -2.05. The van der Waals surface area contributed by atoms with Gasteiger partial charge in [-0.25, -0.2) is 13.9 Å². The maximum absolute atomic E-state index is 13.4. The summed E-state index contributed by atoms with van der Waals surface area (Å²) in [7, 11) is 0. The molecule has 0 unspecified atom stereocenters.